The number of aliphatic hydroxyl groups is 1. The van der Waals surface area contributed by atoms with Gasteiger partial charge in [0.2, 0.25) is 0 Å². The summed E-state index contributed by atoms with van der Waals surface area (Å²) in [6, 6.07) is 0. The van der Waals surface area contributed by atoms with Crippen LogP contribution in [-0.2, 0) is 9.53 Å². The van der Waals surface area contributed by atoms with Gasteiger partial charge in [-0.25, -0.2) is 4.79 Å². The lowest BCUT2D eigenvalue weighted by Gasteiger charge is -2.01. The van der Waals surface area contributed by atoms with Gasteiger partial charge in [0.1, 0.15) is 6.10 Å². The highest BCUT2D eigenvalue weighted by atomic mass is 16.5. The van der Waals surface area contributed by atoms with Crippen molar-refractivity contribution in [3.63, 3.8) is 0 Å². The van der Waals surface area contributed by atoms with Crippen molar-refractivity contribution in [3.05, 3.63) is 0 Å². The van der Waals surface area contributed by atoms with Crippen molar-refractivity contribution in [3.8, 4) is 0 Å². The molecule has 0 aliphatic heterocycles. The number of esters is 1. The second-order valence-corrected chi connectivity index (χ2v) is 1.43. The summed E-state index contributed by atoms with van der Waals surface area (Å²) >= 11 is 0. The van der Waals surface area contributed by atoms with E-state index in [-0.39, 0.29) is 6.15 Å². The molecule has 0 aromatic carbocycles. The van der Waals surface area contributed by atoms with Crippen LogP contribution in [0.4, 0.5) is 0 Å². The largest absolute Gasteiger partial charge is 0.464 e. The fraction of sp³-hybridized carbons (Fsp3) is 0.800. The molecule has 0 heterocycles. The lowest BCUT2D eigenvalue weighted by molar-refractivity contribution is -0.151. The molecule has 4 heteroatoms. The summed E-state index contributed by atoms with van der Waals surface area (Å²) in [7, 11) is 0. The third-order valence-corrected chi connectivity index (χ3v) is 0.628. The Morgan fingerprint density at radius 2 is 2.22 bits per heavy atom. The van der Waals surface area contributed by atoms with Crippen LogP contribution in [0.3, 0.4) is 0 Å². The summed E-state index contributed by atoms with van der Waals surface area (Å²) in [5.41, 5.74) is 0. The highest BCUT2D eigenvalue weighted by Gasteiger charge is 2.07. The number of ether oxygens (including phenoxy) is 1. The Kier molecular flexibility index (Phi) is 6.89. The fourth-order valence-electron chi connectivity index (χ4n) is 0.263. The van der Waals surface area contributed by atoms with E-state index in [1.54, 1.807) is 6.92 Å². The molecule has 0 aromatic heterocycles. The normalized spacial score (nSPS) is 11.4. The molecule has 0 fully saturated rings. The lowest BCUT2D eigenvalue weighted by Crippen LogP contribution is -2.18. The van der Waals surface area contributed by atoms with Gasteiger partial charge in [0, 0.05) is 0 Å². The van der Waals surface area contributed by atoms with E-state index in [1.165, 1.54) is 6.92 Å². The van der Waals surface area contributed by atoms with Crippen LogP contribution in [0.2, 0.25) is 0 Å². The van der Waals surface area contributed by atoms with Crippen LogP contribution >= 0.6 is 0 Å². The molecule has 1 unspecified atom stereocenters. The minimum atomic E-state index is -0.991. The van der Waals surface area contributed by atoms with Crippen molar-refractivity contribution in [1.29, 1.82) is 0 Å². The van der Waals surface area contributed by atoms with E-state index in [0.29, 0.717) is 6.61 Å². The van der Waals surface area contributed by atoms with Crippen molar-refractivity contribution in [2.75, 3.05) is 6.61 Å². The van der Waals surface area contributed by atoms with Crippen molar-refractivity contribution in [2.45, 2.75) is 20.0 Å². The van der Waals surface area contributed by atoms with Gasteiger partial charge >= 0.3 is 5.97 Å². The second-order valence-electron chi connectivity index (χ2n) is 1.43. The molecule has 0 aromatic rings. The molecular weight excluding hydrogens is 122 g/mol. The molecule has 0 radical (unpaired) electrons. The Morgan fingerprint density at radius 3 is 2.33 bits per heavy atom. The molecule has 0 bridgehead atoms. The van der Waals surface area contributed by atoms with E-state index in [1.807, 2.05) is 0 Å². The minimum Gasteiger partial charge on any atom is -0.464 e. The van der Waals surface area contributed by atoms with Gasteiger partial charge in [-0.05, 0) is 13.8 Å². The lowest BCUT2D eigenvalue weighted by atomic mass is 10.4. The van der Waals surface area contributed by atoms with Crippen molar-refractivity contribution in [2.24, 2.45) is 0 Å². The summed E-state index contributed by atoms with van der Waals surface area (Å²) < 4.78 is 4.41. The van der Waals surface area contributed by atoms with E-state index < -0.39 is 12.1 Å². The van der Waals surface area contributed by atoms with Gasteiger partial charge in [-0.15, -0.1) is 0 Å². The molecule has 0 amide bonds. The molecule has 0 rings (SSSR count). The quantitative estimate of drug-likeness (QED) is 0.526. The summed E-state index contributed by atoms with van der Waals surface area (Å²) in [5.74, 6) is -0.562. The van der Waals surface area contributed by atoms with Crippen LogP contribution < -0.4 is 6.15 Å². The highest BCUT2D eigenvalue weighted by molar-refractivity contribution is 5.73. The molecular formula is C5H13NO3. The van der Waals surface area contributed by atoms with Crippen LogP contribution in [-0.4, -0.2) is 23.8 Å². The van der Waals surface area contributed by atoms with Gasteiger partial charge in [-0.2, -0.15) is 0 Å². The Hall–Kier alpha value is -0.610. The van der Waals surface area contributed by atoms with Gasteiger partial charge in [0.05, 0.1) is 6.61 Å². The van der Waals surface area contributed by atoms with Gasteiger partial charge < -0.3 is 16.0 Å². The molecule has 0 spiro atoms. The summed E-state index contributed by atoms with van der Waals surface area (Å²) in [5, 5.41) is 8.48. The zero-order chi connectivity index (χ0) is 6.57. The van der Waals surface area contributed by atoms with Crippen LogP contribution in [0.15, 0.2) is 0 Å². The first-order valence-electron chi connectivity index (χ1n) is 2.53. The monoisotopic (exact) mass is 135 g/mol. The first-order valence-corrected chi connectivity index (χ1v) is 2.53. The van der Waals surface area contributed by atoms with Crippen LogP contribution in [0.25, 0.3) is 0 Å². The van der Waals surface area contributed by atoms with Crippen LogP contribution in [0, 0.1) is 0 Å². The smallest absolute Gasteiger partial charge is 0.334 e. The number of aliphatic hydroxyl groups excluding tert-OH is 1. The van der Waals surface area contributed by atoms with E-state index in [4.69, 9.17) is 5.11 Å². The average molecular weight is 135 g/mol. The number of carbonyl (C=O) groups is 1. The number of rotatable bonds is 2. The third kappa shape index (κ3) is 5.26. The van der Waals surface area contributed by atoms with Gasteiger partial charge in [-0.1, -0.05) is 0 Å². The van der Waals surface area contributed by atoms with E-state index >= 15 is 0 Å². The molecule has 0 aliphatic rings. The SMILES string of the molecule is CCOC(=O)C(C)O.N. The molecule has 4 nitrogen and oxygen atoms in total. The predicted molar refractivity (Wildman–Crippen MR) is 33.3 cm³/mol. The van der Waals surface area contributed by atoms with Crippen molar-refractivity contribution >= 4 is 5.97 Å². The third-order valence-electron chi connectivity index (χ3n) is 0.628. The Labute approximate surface area is 54.4 Å². The molecule has 56 valence electrons. The Morgan fingerprint density at radius 1 is 1.78 bits per heavy atom. The van der Waals surface area contributed by atoms with Crippen molar-refractivity contribution < 1.29 is 14.6 Å². The molecule has 1 atom stereocenters. The van der Waals surface area contributed by atoms with Crippen LogP contribution in [0.5, 0.6) is 0 Å². The standard InChI is InChI=1S/C5H10O3.H3N/c1-3-8-5(7)4(2)6;/h4,6H,3H2,1-2H3;1H3. The first-order chi connectivity index (χ1) is 3.68. The average Bonchev–Trinajstić information content (AvgIpc) is 1.67. The van der Waals surface area contributed by atoms with Crippen LogP contribution in [0.1, 0.15) is 13.8 Å². The van der Waals surface area contributed by atoms with Crippen molar-refractivity contribution in [1.82, 2.24) is 6.15 Å². The molecule has 9 heavy (non-hydrogen) atoms. The Bertz CT molecular complexity index is 82.3. The van der Waals surface area contributed by atoms with E-state index in [0.717, 1.165) is 0 Å². The van der Waals surface area contributed by atoms with E-state index in [9.17, 15) is 4.79 Å². The molecule has 0 saturated heterocycles. The predicted octanol–water partition coefficient (Wildman–Crippen LogP) is 0.0923. The number of hydrogen-bond donors (Lipinski definition) is 2. The van der Waals surface area contributed by atoms with E-state index in [2.05, 4.69) is 4.74 Å². The van der Waals surface area contributed by atoms with Gasteiger partial charge in [0.25, 0.3) is 0 Å². The maximum absolute atomic E-state index is 10.3. The second kappa shape index (κ2) is 5.53. The first kappa shape index (κ1) is 11.2. The minimum absolute atomic E-state index is 0. The maximum Gasteiger partial charge on any atom is 0.334 e. The molecule has 4 N–H and O–H groups in total. The fourth-order valence-corrected chi connectivity index (χ4v) is 0.263. The zero-order valence-electron chi connectivity index (χ0n) is 5.76. The molecule has 0 aliphatic carbocycles. The maximum atomic E-state index is 10.3. The highest BCUT2D eigenvalue weighted by Crippen LogP contribution is 1.84. The topological polar surface area (TPSA) is 81.5 Å². The number of hydrogen-bond acceptors (Lipinski definition) is 4. The Balaban J connectivity index is 0. The summed E-state index contributed by atoms with van der Waals surface area (Å²) in [6.45, 7) is 3.39. The molecule has 0 saturated carbocycles. The van der Waals surface area contributed by atoms with Gasteiger partial charge in [-0.3, -0.25) is 0 Å². The van der Waals surface area contributed by atoms with Gasteiger partial charge in [0.15, 0.2) is 0 Å². The summed E-state index contributed by atoms with van der Waals surface area (Å²) in [4.78, 5) is 10.3. The number of carbonyl (C=O) groups excluding carboxylic acids is 1. The summed E-state index contributed by atoms with van der Waals surface area (Å²) in [6.07, 6.45) is -0.991. The zero-order valence-corrected chi connectivity index (χ0v) is 5.76.